The summed E-state index contributed by atoms with van der Waals surface area (Å²) < 4.78 is 1.82. The number of benzene rings is 1. The molecule has 0 radical (unpaired) electrons. The van der Waals surface area contributed by atoms with Gasteiger partial charge in [-0.25, -0.2) is 0 Å². The van der Waals surface area contributed by atoms with Crippen molar-refractivity contribution < 1.29 is 0 Å². The van der Waals surface area contributed by atoms with Crippen LogP contribution in [-0.4, -0.2) is 14.8 Å². The van der Waals surface area contributed by atoms with Gasteiger partial charge in [0.15, 0.2) is 0 Å². The number of aromatic nitrogens is 3. The highest BCUT2D eigenvalue weighted by Gasteiger charge is 2.15. The Balaban J connectivity index is 2.63. The molecule has 1 aromatic heterocycles. The Labute approximate surface area is 110 Å². The van der Waals surface area contributed by atoms with E-state index in [2.05, 4.69) is 17.1 Å². The summed E-state index contributed by atoms with van der Waals surface area (Å²) >= 11 is 12.3. The van der Waals surface area contributed by atoms with E-state index in [1.165, 1.54) is 0 Å². The summed E-state index contributed by atoms with van der Waals surface area (Å²) in [6.07, 6.45) is 1.81. The fraction of sp³-hybridized carbons (Fsp3) is 0.333. The highest BCUT2D eigenvalue weighted by atomic mass is 35.5. The lowest BCUT2D eigenvalue weighted by Crippen LogP contribution is -2.04. The monoisotopic (exact) mass is 269 g/mol. The van der Waals surface area contributed by atoms with E-state index in [0.717, 1.165) is 29.9 Å². The maximum Gasteiger partial charge on any atom is 0.229 e. The average molecular weight is 270 g/mol. The van der Waals surface area contributed by atoms with Crippen LogP contribution in [0.2, 0.25) is 10.3 Å². The maximum absolute atomic E-state index is 6.23. The second kappa shape index (κ2) is 5.07. The summed E-state index contributed by atoms with van der Waals surface area (Å²) in [5.74, 6) is 0.841. The first-order chi connectivity index (χ1) is 8.15. The molecule has 5 heteroatoms. The number of rotatable bonds is 3. The van der Waals surface area contributed by atoms with Gasteiger partial charge in [0.05, 0.1) is 10.7 Å². The summed E-state index contributed by atoms with van der Waals surface area (Å²) in [6.45, 7) is 4.08. The Morgan fingerprint density at radius 2 is 2.00 bits per heavy atom. The lowest BCUT2D eigenvalue weighted by molar-refractivity contribution is 0.801. The number of hydrogen-bond donors (Lipinski definition) is 0. The average Bonchev–Trinajstić information content (AvgIpc) is 2.62. The molecule has 0 atom stereocenters. The van der Waals surface area contributed by atoms with Crippen LogP contribution in [0, 0.1) is 6.92 Å². The molecule has 1 heterocycles. The van der Waals surface area contributed by atoms with Gasteiger partial charge in [-0.15, -0.1) is 10.2 Å². The molecule has 90 valence electrons. The maximum atomic E-state index is 6.23. The second-order valence-corrected chi connectivity index (χ2v) is 4.62. The smallest absolute Gasteiger partial charge is 0.229 e. The fourth-order valence-electron chi connectivity index (χ4n) is 1.81. The Morgan fingerprint density at radius 1 is 1.24 bits per heavy atom. The van der Waals surface area contributed by atoms with Gasteiger partial charge in [-0.3, -0.25) is 4.57 Å². The van der Waals surface area contributed by atoms with Crippen molar-refractivity contribution in [1.29, 1.82) is 0 Å². The zero-order valence-corrected chi connectivity index (χ0v) is 11.3. The van der Waals surface area contributed by atoms with Crippen LogP contribution in [0.1, 0.15) is 24.7 Å². The van der Waals surface area contributed by atoms with Gasteiger partial charge in [0.2, 0.25) is 5.28 Å². The number of halogens is 2. The molecule has 1 aromatic carbocycles. The van der Waals surface area contributed by atoms with E-state index in [4.69, 9.17) is 23.2 Å². The van der Waals surface area contributed by atoms with E-state index in [1.807, 2.05) is 29.7 Å². The van der Waals surface area contributed by atoms with Crippen molar-refractivity contribution in [3.05, 3.63) is 39.9 Å². The predicted molar refractivity (Wildman–Crippen MR) is 70.1 cm³/mol. The molecule has 0 unspecified atom stereocenters. The first kappa shape index (κ1) is 12.4. The number of para-hydroxylation sites is 1. The van der Waals surface area contributed by atoms with Crippen molar-refractivity contribution in [2.75, 3.05) is 0 Å². The molecule has 0 saturated heterocycles. The van der Waals surface area contributed by atoms with E-state index < -0.39 is 0 Å². The van der Waals surface area contributed by atoms with E-state index in [1.54, 1.807) is 0 Å². The summed E-state index contributed by atoms with van der Waals surface area (Å²) in [4.78, 5) is 0. The van der Waals surface area contributed by atoms with E-state index >= 15 is 0 Å². The van der Waals surface area contributed by atoms with E-state index in [-0.39, 0.29) is 0 Å². The van der Waals surface area contributed by atoms with Gasteiger partial charge in [0, 0.05) is 6.42 Å². The molecule has 2 aromatic rings. The molecular weight excluding hydrogens is 257 g/mol. The van der Waals surface area contributed by atoms with Gasteiger partial charge >= 0.3 is 0 Å². The Morgan fingerprint density at radius 3 is 2.65 bits per heavy atom. The molecule has 0 bridgehead atoms. The van der Waals surface area contributed by atoms with E-state index in [0.29, 0.717) is 10.3 Å². The lowest BCUT2D eigenvalue weighted by atomic mass is 10.2. The zero-order chi connectivity index (χ0) is 12.4. The van der Waals surface area contributed by atoms with Crippen molar-refractivity contribution in [3.63, 3.8) is 0 Å². The zero-order valence-electron chi connectivity index (χ0n) is 9.74. The van der Waals surface area contributed by atoms with Crippen LogP contribution in [0.25, 0.3) is 5.69 Å². The summed E-state index contributed by atoms with van der Waals surface area (Å²) in [6, 6.07) is 5.75. The van der Waals surface area contributed by atoms with Crippen molar-refractivity contribution in [2.24, 2.45) is 0 Å². The highest BCUT2D eigenvalue weighted by Crippen LogP contribution is 2.28. The van der Waals surface area contributed by atoms with Crippen LogP contribution in [0.4, 0.5) is 0 Å². The van der Waals surface area contributed by atoms with E-state index in [9.17, 15) is 0 Å². The van der Waals surface area contributed by atoms with Crippen molar-refractivity contribution in [3.8, 4) is 5.69 Å². The van der Waals surface area contributed by atoms with Crippen LogP contribution >= 0.6 is 23.2 Å². The number of nitrogens with zero attached hydrogens (tertiary/aromatic N) is 3. The third-order valence-corrected chi connectivity index (χ3v) is 3.13. The van der Waals surface area contributed by atoms with Crippen LogP contribution in [-0.2, 0) is 6.42 Å². The van der Waals surface area contributed by atoms with Gasteiger partial charge in [-0.05, 0) is 36.6 Å². The largest absolute Gasteiger partial charge is 0.268 e. The van der Waals surface area contributed by atoms with Crippen LogP contribution in [0.15, 0.2) is 18.2 Å². The first-order valence-corrected chi connectivity index (χ1v) is 6.26. The molecule has 0 saturated carbocycles. The molecule has 0 fully saturated rings. The quantitative estimate of drug-likeness (QED) is 0.848. The lowest BCUT2D eigenvalue weighted by Gasteiger charge is -2.12. The Hall–Kier alpha value is -1.06. The second-order valence-electron chi connectivity index (χ2n) is 3.88. The summed E-state index contributed by atoms with van der Waals surface area (Å²) in [7, 11) is 0. The van der Waals surface area contributed by atoms with Crippen LogP contribution < -0.4 is 0 Å². The van der Waals surface area contributed by atoms with Gasteiger partial charge in [-0.2, -0.15) is 0 Å². The normalized spacial score (nSPS) is 10.8. The SMILES string of the molecule is CCCc1nnc(Cl)n1-c1c(C)cccc1Cl. The van der Waals surface area contributed by atoms with Crippen molar-refractivity contribution >= 4 is 23.2 Å². The molecular formula is C12H13Cl2N3. The molecule has 17 heavy (non-hydrogen) atoms. The predicted octanol–water partition coefficient (Wildman–Crippen LogP) is 3.84. The molecule has 0 aliphatic rings. The summed E-state index contributed by atoms with van der Waals surface area (Å²) in [5, 5.41) is 9.01. The minimum Gasteiger partial charge on any atom is -0.268 e. The van der Waals surface area contributed by atoms with Gasteiger partial charge in [-0.1, -0.05) is 30.7 Å². The summed E-state index contributed by atoms with van der Waals surface area (Å²) in [5.41, 5.74) is 1.92. The molecule has 0 N–H and O–H groups in total. The molecule has 3 nitrogen and oxygen atoms in total. The standard InChI is InChI=1S/C12H13Cl2N3/c1-3-5-10-15-16-12(14)17(10)11-8(2)6-4-7-9(11)13/h4,6-7H,3,5H2,1-2H3. The first-order valence-electron chi connectivity index (χ1n) is 5.50. The third-order valence-electron chi connectivity index (χ3n) is 2.58. The fourth-order valence-corrected chi connectivity index (χ4v) is 2.33. The van der Waals surface area contributed by atoms with Crippen LogP contribution in [0.3, 0.4) is 0 Å². The molecule has 0 spiro atoms. The number of hydrogen-bond acceptors (Lipinski definition) is 2. The third kappa shape index (κ3) is 2.31. The Kier molecular flexibility index (Phi) is 3.69. The van der Waals surface area contributed by atoms with Crippen molar-refractivity contribution in [2.45, 2.75) is 26.7 Å². The van der Waals surface area contributed by atoms with Gasteiger partial charge < -0.3 is 0 Å². The highest BCUT2D eigenvalue weighted by molar-refractivity contribution is 6.33. The van der Waals surface area contributed by atoms with Gasteiger partial charge in [0.25, 0.3) is 0 Å². The number of aryl methyl sites for hydroxylation is 2. The van der Waals surface area contributed by atoms with Gasteiger partial charge in [0.1, 0.15) is 5.82 Å². The van der Waals surface area contributed by atoms with Crippen LogP contribution in [0.5, 0.6) is 0 Å². The molecule has 0 aliphatic heterocycles. The molecule has 0 amide bonds. The molecule has 2 rings (SSSR count). The van der Waals surface area contributed by atoms with Crippen molar-refractivity contribution in [1.82, 2.24) is 14.8 Å². The minimum atomic E-state index is 0.352. The minimum absolute atomic E-state index is 0.352. The Bertz CT molecular complexity index is 514. The molecule has 0 aliphatic carbocycles. The topological polar surface area (TPSA) is 30.7 Å².